The monoisotopic (exact) mass is 527 g/mol. The maximum Gasteiger partial charge on any atom is 0.328 e. The zero-order valence-corrected chi connectivity index (χ0v) is 23.5. The minimum atomic E-state index is 0.117. The Hall–Kier alpha value is -3.55. The zero-order chi connectivity index (χ0) is 27.2. The van der Waals surface area contributed by atoms with E-state index in [1.165, 1.54) is 32.1 Å². The highest BCUT2D eigenvalue weighted by Crippen LogP contribution is 2.37. The van der Waals surface area contributed by atoms with Gasteiger partial charge in [-0.25, -0.2) is 9.89 Å². The van der Waals surface area contributed by atoms with Gasteiger partial charge in [0.15, 0.2) is 5.82 Å². The van der Waals surface area contributed by atoms with Gasteiger partial charge in [0.05, 0.1) is 12.2 Å². The van der Waals surface area contributed by atoms with Crippen molar-refractivity contribution in [2.45, 2.75) is 91.1 Å². The van der Waals surface area contributed by atoms with Gasteiger partial charge < -0.3 is 0 Å². The van der Waals surface area contributed by atoms with Crippen LogP contribution in [0.5, 0.6) is 0 Å². The first-order valence-electron chi connectivity index (χ1n) is 14.7. The van der Waals surface area contributed by atoms with E-state index in [-0.39, 0.29) is 11.7 Å². The molecular formula is C31H41N7O. The van der Waals surface area contributed by atoms with Crippen LogP contribution in [0.2, 0.25) is 0 Å². The van der Waals surface area contributed by atoms with E-state index in [2.05, 4.69) is 58.2 Å². The summed E-state index contributed by atoms with van der Waals surface area (Å²) < 4.78 is 4.08. The van der Waals surface area contributed by atoms with E-state index in [1.54, 1.807) is 0 Å². The van der Waals surface area contributed by atoms with Crippen molar-refractivity contribution in [1.29, 1.82) is 0 Å². The minimum absolute atomic E-state index is 0.117. The standard InChI is InChI=1S/C31H41N7O/c1-4-6-14-26-21-38(29-22(3)12-8-7-9-13-23(29)5-2)31(39)37(26)20-25-18-17-24(19-32-25)27-15-10-11-16-28(27)30-33-35-36-34-30/h10-11,15-19,21-23,29H,4-9,12-14,20H2,1-3H3,(H,33,34,35,36). The highest BCUT2D eigenvalue weighted by molar-refractivity contribution is 5.79. The number of aryl methyl sites for hydroxylation is 1. The van der Waals surface area contributed by atoms with Crippen LogP contribution in [0.25, 0.3) is 22.5 Å². The van der Waals surface area contributed by atoms with Crippen LogP contribution in [0.3, 0.4) is 0 Å². The Labute approximate surface area is 230 Å². The van der Waals surface area contributed by atoms with Crippen molar-refractivity contribution in [1.82, 2.24) is 34.7 Å². The maximum atomic E-state index is 14.0. The van der Waals surface area contributed by atoms with E-state index < -0.39 is 0 Å². The largest absolute Gasteiger partial charge is 0.328 e. The van der Waals surface area contributed by atoms with Gasteiger partial charge in [0.2, 0.25) is 0 Å². The van der Waals surface area contributed by atoms with Gasteiger partial charge in [0.25, 0.3) is 0 Å². The molecule has 8 nitrogen and oxygen atoms in total. The van der Waals surface area contributed by atoms with Gasteiger partial charge in [-0.1, -0.05) is 83.2 Å². The number of imidazole rings is 1. The van der Waals surface area contributed by atoms with Gasteiger partial charge in [0.1, 0.15) is 0 Å². The maximum absolute atomic E-state index is 14.0. The lowest BCUT2D eigenvalue weighted by atomic mass is 9.79. The van der Waals surface area contributed by atoms with Gasteiger partial charge in [0, 0.05) is 35.3 Å². The molecule has 0 radical (unpaired) electrons. The molecule has 1 saturated carbocycles. The molecule has 1 aliphatic rings. The lowest BCUT2D eigenvalue weighted by molar-refractivity contribution is 0.187. The Kier molecular flexibility index (Phi) is 8.69. The van der Waals surface area contributed by atoms with E-state index in [0.29, 0.717) is 24.2 Å². The lowest BCUT2D eigenvalue weighted by Crippen LogP contribution is -2.35. The number of aromatic amines is 1. The molecule has 3 atom stereocenters. The zero-order valence-electron chi connectivity index (χ0n) is 23.5. The molecule has 1 N–H and O–H groups in total. The molecule has 4 aromatic rings. The van der Waals surface area contributed by atoms with Gasteiger partial charge in [-0.2, -0.15) is 0 Å². The Balaban J connectivity index is 1.46. The SMILES string of the molecule is CCCCc1cn(C2C(C)CCCCCC2CC)c(=O)n1Cc1ccc(-c2ccccc2-c2nnn[nH]2)cn1. The van der Waals surface area contributed by atoms with Gasteiger partial charge in [-0.05, 0) is 59.6 Å². The number of rotatable bonds is 9. The molecule has 0 aliphatic heterocycles. The summed E-state index contributed by atoms with van der Waals surface area (Å²) in [5.41, 5.74) is 5.03. The Morgan fingerprint density at radius 2 is 1.85 bits per heavy atom. The second kappa shape index (κ2) is 12.5. The first-order valence-corrected chi connectivity index (χ1v) is 14.7. The number of benzene rings is 1. The summed E-state index contributed by atoms with van der Waals surface area (Å²) in [4.78, 5) is 18.8. The van der Waals surface area contributed by atoms with Crippen LogP contribution in [-0.4, -0.2) is 34.7 Å². The third-order valence-corrected chi connectivity index (χ3v) is 8.50. The predicted molar refractivity (Wildman–Crippen MR) is 154 cm³/mol. The van der Waals surface area contributed by atoms with E-state index in [4.69, 9.17) is 4.98 Å². The summed E-state index contributed by atoms with van der Waals surface area (Å²) in [7, 11) is 0. The molecule has 8 heteroatoms. The Morgan fingerprint density at radius 1 is 1.03 bits per heavy atom. The van der Waals surface area contributed by atoms with Crippen molar-refractivity contribution in [3.63, 3.8) is 0 Å². The topological polar surface area (TPSA) is 94.3 Å². The van der Waals surface area contributed by atoms with Crippen molar-refractivity contribution in [2.75, 3.05) is 0 Å². The lowest BCUT2D eigenvalue weighted by Gasteiger charge is -2.34. The molecule has 1 fully saturated rings. The average Bonchev–Trinajstić information content (AvgIpc) is 3.59. The second-order valence-corrected chi connectivity index (χ2v) is 11.1. The van der Waals surface area contributed by atoms with Crippen LogP contribution >= 0.6 is 0 Å². The van der Waals surface area contributed by atoms with Crippen LogP contribution in [0, 0.1) is 11.8 Å². The third kappa shape index (κ3) is 5.89. The minimum Gasteiger partial charge on any atom is -0.295 e. The summed E-state index contributed by atoms with van der Waals surface area (Å²) in [5, 5.41) is 14.4. The quantitative estimate of drug-likeness (QED) is 0.270. The molecule has 3 unspecified atom stereocenters. The summed E-state index contributed by atoms with van der Waals surface area (Å²) in [6.45, 7) is 7.32. The molecule has 5 rings (SSSR count). The van der Waals surface area contributed by atoms with Gasteiger partial charge >= 0.3 is 5.69 Å². The first-order chi connectivity index (χ1) is 19.1. The molecule has 0 amide bonds. The van der Waals surface area contributed by atoms with Gasteiger partial charge in [-0.15, -0.1) is 5.10 Å². The van der Waals surface area contributed by atoms with E-state index in [9.17, 15) is 4.79 Å². The number of nitrogens with one attached hydrogen (secondary N) is 1. The molecule has 3 aromatic heterocycles. The number of H-pyrrole nitrogens is 1. The average molecular weight is 528 g/mol. The number of hydrogen-bond donors (Lipinski definition) is 1. The van der Waals surface area contributed by atoms with E-state index in [0.717, 1.165) is 53.8 Å². The second-order valence-electron chi connectivity index (χ2n) is 11.1. The fourth-order valence-corrected chi connectivity index (χ4v) is 6.34. The Bertz CT molecular complexity index is 1390. The van der Waals surface area contributed by atoms with Crippen LogP contribution < -0.4 is 5.69 Å². The normalized spacial score (nSPS) is 20.0. The van der Waals surface area contributed by atoms with Crippen LogP contribution in [0.4, 0.5) is 0 Å². The highest BCUT2D eigenvalue weighted by Gasteiger charge is 2.31. The molecular weight excluding hydrogens is 486 g/mol. The third-order valence-electron chi connectivity index (χ3n) is 8.50. The number of unbranched alkanes of at least 4 members (excludes halogenated alkanes) is 1. The molecule has 1 aliphatic carbocycles. The number of pyridine rings is 1. The van der Waals surface area contributed by atoms with Crippen LogP contribution in [-0.2, 0) is 13.0 Å². The molecule has 206 valence electrons. The van der Waals surface area contributed by atoms with Crippen LogP contribution in [0.15, 0.2) is 53.6 Å². The summed E-state index contributed by atoms with van der Waals surface area (Å²) >= 11 is 0. The van der Waals surface area contributed by atoms with Crippen molar-refractivity contribution in [3.8, 4) is 22.5 Å². The van der Waals surface area contributed by atoms with Crippen LogP contribution in [0.1, 0.15) is 89.6 Å². The Morgan fingerprint density at radius 3 is 2.56 bits per heavy atom. The number of nitrogens with zero attached hydrogens (tertiary/aromatic N) is 6. The van der Waals surface area contributed by atoms with Crippen molar-refractivity contribution in [2.24, 2.45) is 11.8 Å². The van der Waals surface area contributed by atoms with E-state index in [1.807, 2.05) is 41.1 Å². The molecule has 3 heterocycles. The number of tetrazole rings is 1. The van der Waals surface area contributed by atoms with Gasteiger partial charge in [-0.3, -0.25) is 14.1 Å². The highest BCUT2D eigenvalue weighted by atomic mass is 16.1. The molecule has 0 saturated heterocycles. The summed E-state index contributed by atoms with van der Waals surface area (Å²) in [6.07, 6.45) is 14.5. The molecule has 1 aromatic carbocycles. The fraction of sp³-hybridized carbons (Fsp3) is 0.516. The fourth-order valence-electron chi connectivity index (χ4n) is 6.34. The molecule has 39 heavy (non-hydrogen) atoms. The number of aromatic nitrogens is 7. The first kappa shape index (κ1) is 27.0. The number of hydrogen-bond acceptors (Lipinski definition) is 5. The van der Waals surface area contributed by atoms with Crippen molar-refractivity contribution >= 4 is 0 Å². The van der Waals surface area contributed by atoms with Crippen molar-refractivity contribution in [3.05, 3.63) is 70.7 Å². The molecule has 0 bridgehead atoms. The smallest absolute Gasteiger partial charge is 0.295 e. The summed E-state index contributed by atoms with van der Waals surface area (Å²) in [5.74, 6) is 1.67. The summed E-state index contributed by atoms with van der Waals surface area (Å²) in [6, 6.07) is 12.4. The predicted octanol–water partition coefficient (Wildman–Crippen LogP) is 6.45. The van der Waals surface area contributed by atoms with E-state index >= 15 is 0 Å². The van der Waals surface area contributed by atoms with Crippen molar-refractivity contribution < 1.29 is 0 Å². The molecule has 0 spiro atoms.